The van der Waals surface area contributed by atoms with Crippen molar-refractivity contribution in [1.29, 1.82) is 0 Å². The quantitative estimate of drug-likeness (QED) is 0.919. The number of rotatable bonds is 3. The van der Waals surface area contributed by atoms with E-state index in [9.17, 15) is 4.79 Å². The number of carbonyl (C=O) groups is 1. The van der Waals surface area contributed by atoms with Gasteiger partial charge in [-0.25, -0.2) is 0 Å². The molecule has 120 valence electrons. The fourth-order valence-electron chi connectivity index (χ4n) is 3.26. The molecule has 0 spiro atoms. The molecule has 1 aromatic carbocycles. The number of carbonyl (C=O) groups excluding carboxylic acids is 1. The van der Waals surface area contributed by atoms with E-state index in [0.717, 1.165) is 51.3 Å². The Hall–Kier alpha value is -1.75. The van der Waals surface area contributed by atoms with Gasteiger partial charge in [0.1, 0.15) is 5.75 Å². The summed E-state index contributed by atoms with van der Waals surface area (Å²) in [5.74, 6) is 1.16. The van der Waals surface area contributed by atoms with E-state index >= 15 is 0 Å². The lowest BCUT2D eigenvalue weighted by Crippen LogP contribution is -2.55. The monoisotopic (exact) mass is 303 g/mol. The zero-order valence-corrected chi connectivity index (χ0v) is 13.3. The molecule has 1 aromatic rings. The minimum atomic E-state index is 0.0429. The zero-order valence-electron chi connectivity index (χ0n) is 13.3. The molecule has 0 aromatic heterocycles. The molecule has 3 rings (SSSR count). The third kappa shape index (κ3) is 3.35. The van der Waals surface area contributed by atoms with Crippen LogP contribution >= 0.6 is 0 Å². The Morgan fingerprint density at radius 2 is 1.86 bits per heavy atom. The van der Waals surface area contributed by atoms with E-state index in [0.29, 0.717) is 0 Å². The van der Waals surface area contributed by atoms with Crippen LogP contribution in [0.5, 0.6) is 5.75 Å². The van der Waals surface area contributed by atoms with Gasteiger partial charge in [-0.15, -0.1) is 0 Å². The van der Waals surface area contributed by atoms with Crippen LogP contribution in [0.4, 0.5) is 5.69 Å². The minimum absolute atomic E-state index is 0.0429. The molecule has 2 aliphatic heterocycles. The lowest BCUT2D eigenvalue weighted by Gasteiger charge is -2.38. The van der Waals surface area contributed by atoms with Crippen LogP contribution in [-0.2, 0) is 4.79 Å². The molecule has 0 radical (unpaired) electrons. The molecule has 22 heavy (non-hydrogen) atoms. The molecule has 1 N–H and O–H groups in total. The van der Waals surface area contributed by atoms with Gasteiger partial charge in [0.2, 0.25) is 5.91 Å². The summed E-state index contributed by atoms with van der Waals surface area (Å²) in [5.41, 5.74) is 1.20. The van der Waals surface area contributed by atoms with E-state index in [4.69, 9.17) is 4.74 Å². The van der Waals surface area contributed by atoms with Crippen LogP contribution in [0.15, 0.2) is 24.3 Å². The first-order chi connectivity index (χ1) is 10.8. The number of amides is 1. The van der Waals surface area contributed by atoms with Crippen LogP contribution in [0.2, 0.25) is 0 Å². The highest BCUT2D eigenvalue weighted by Crippen LogP contribution is 2.21. The summed E-state index contributed by atoms with van der Waals surface area (Å²) in [4.78, 5) is 16.9. The van der Waals surface area contributed by atoms with Gasteiger partial charge < -0.3 is 19.9 Å². The Kier molecular flexibility index (Phi) is 4.83. The van der Waals surface area contributed by atoms with Crippen LogP contribution in [0.3, 0.4) is 0 Å². The maximum Gasteiger partial charge on any atom is 0.239 e. The number of anilines is 1. The van der Waals surface area contributed by atoms with E-state index in [1.807, 2.05) is 17.0 Å². The van der Waals surface area contributed by atoms with Gasteiger partial charge >= 0.3 is 0 Å². The summed E-state index contributed by atoms with van der Waals surface area (Å²) in [7, 11) is 1.68. The van der Waals surface area contributed by atoms with Crippen LogP contribution in [-0.4, -0.2) is 56.7 Å². The van der Waals surface area contributed by atoms with E-state index in [1.54, 1.807) is 7.11 Å². The third-order valence-corrected chi connectivity index (χ3v) is 4.64. The van der Waals surface area contributed by atoms with E-state index in [2.05, 4.69) is 22.3 Å². The predicted molar refractivity (Wildman–Crippen MR) is 87.4 cm³/mol. The first-order valence-electron chi connectivity index (χ1n) is 8.19. The summed E-state index contributed by atoms with van der Waals surface area (Å²) >= 11 is 0. The number of hydrogen-bond acceptors (Lipinski definition) is 4. The maximum absolute atomic E-state index is 12.5. The molecule has 1 atom stereocenters. The van der Waals surface area contributed by atoms with Crippen molar-refractivity contribution < 1.29 is 9.53 Å². The Morgan fingerprint density at radius 1 is 1.14 bits per heavy atom. The topological polar surface area (TPSA) is 44.8 Å². The number of benzene rings is 1. The molecule has 0 aliphatic carbocycles. The van der Waals surface area contributed by atoms with Crippen molar-refractivity contribution in [2.75, 3.05) is 44.7 Å². The molecular weight excluding hydrogens is 278 g/mol. The number of piperazine rings is 1. The molecule has 0 bridgehead atoms. The lowest BCUT2D eigenvalue weighted by molar-refractivity contribution is -0.134. The predicted octanol–water partition coefficient (Wildman–Crippen LogP) is 1.49. The molecule has 1 amide bonds. The molecular formula is C17H25N3O2. The molecule has 2 saturated heterocycles. The van der Waals surface area contributed by atoms with Crippen LogP contribution in [0.1, 0.15) is 19.3 Å². The highest BCUT2D eigenvalue weighted by atomic mass is 16.5. The highest BCUT2D eigenvalue weighted by Gasteiger charge is 2.28. The maximum atomic E-state index is 12.5. The first kappa shape index (κ1) is 15.2. The Balaban J connectivity index is 1.54. The smallest absolute Gasteiger partial charge is 0.239 e. The van der Waals surface area contributed by atoms with Crippen molar-refractivity contribution in [3.63, 3.8) is 0 Å². The van der Waals surface area contributed by atoms with Crippen LogP contribution in [0, 0.1) is 0 Å². The van der Waals surface area contributed by atoms with E-state index in [1.165, 1.54) is 12.1 Å². The summed E-state index contributed by atoms with van der Waals surface area (Å²) in [6.07, 6.45) is 3.34. The van der Waals surface area contributed by atoms with Gasteiger partial charge in [0.15, 0.2) is 0 Å². The lowest BCUT2D eigenvalue weighted by atomic mass is 10.0. The van der Waals surface area contributed by atoms with Gasteiger partial charge in [-0.05, 0) is 43.7 Å². The number of ether oxygens (including phenoxy) is 1. The van der Waals surface area contributed by atoms with Crippen molar-refractivity contribution in [3.05, 3.63) is 24.3 Å². The Labute approximate surface area is 132 Å². The zero-order chi connectivity index (χ0) is 15.4. The fraction of sp³-hybridized carbons (Fsp3) is 0.588. The second-order valence-corrected chi connectivity index (χ2v) is 6.01. The summed E-state index contributed by atoms with van der Waals surface area (Å²) in [6, 6.07) is 8.18. The number of piperidine rings is 1. The number of nitrogens with zero attached hydrogens (tertiary/aromatic N) is 2. The molecule has 2 aliphatic rings. The van der Waals surface area contributed by atoms with Crippen molar-refractivity contribution in [1.82, 2.24) is 10.2 Å². The highest BCUT2D eigenvalue weighted by molar-refractivity contribution is 5.82. The Bertz CT molecular complexity index is 489. The van der Waals surface area contributed by atoms with E-state index in [-0.39, 0.29) is 11.9 Å². The normalized spacial score (nSPS) is 22.5. The second-order valence-electron chi connectivity index (χ2n) is 6.01. The van der Waals surface area contributed by atoms with Gasteiger partial charge in [-0.1, -0.05) is 6.42 Å². The van der Waals surface area contributed by atoms with Crippen molar-refractivity contribution in [2.24, 2.45) is 0 Å². The second kappa shape index (κ2) is 7.01. The summed E-state index contributed by atoms with van der Waals surface area (Å²) in [5, 5.41) is 3.35. The fourth-order valence-corrected chi connectivity index (χ4v) is 3.26. The first-order valence-corrected chi connectivity index (χ1v) is 8.19. The van der Waals surface area contributed by atoms with Crippen molar-refractivity contribution >= 4 is 11.6 Å². The molecule has 0 saturated carbocycles. The molecule has 2 fully saturated rings. The average Bonchev–Trinajstić information content (AvgIpc) is 2.62. The molecule has 2 heterocycles. The molecule has 0 unspecified atom stereocenters. The molecule has 5 nitrogen and oxygen atoms in total. The third-order valence-electron chi connectivity index (χ3n) is 4.64. The van der Waals surface area contributed by atoms with E-state index < -0.39 is 0 Å². The number of methoxy groups -OCH3 is 1. The molecule has 5 heteroatoms. The van der Waals surface area contributed by atoms with Crippen LogP contribution < -0.4 is 15.0 Å². The number of hydrogen-bond donors (Lipinski definition) is 1. The number of nitrogens with one attached hydrogen (secondary N) is 1. The summed E-state index contributed by atoms with van der Waals surface area (Å²) < 4.78 is 5.19. The average molecular weight is 303 g/mol. The van der Waals surface area contributed by atoms with Gasteiger partial charge in [-0.3, -0.25) is 4.79 Å². The Morgan fingerprint density at radius 3 is 2.45 bits per heavy atom. The van der Waals surface area contributed by atoms with Gasteiger partial charge in [0, 0.05) is 31.9 Å². The van der Waals surface area contributed by atoms with Crippen LogP contribution in [0.25, 0.3) is 0 Å². The summed E-state index contributed by atoms with van der Waals surface area (Å²) in [6.45, 7) is 4.38. The van der Waals surface area contributed by atoms with Gasteiger partial charge in [-0.2, -0.15) is 0 Å². The minimum Gasteiger partial charge on any atom is -0.497 e. The van der Waals surface area contributed by atoms with Gasteiger partial charge in [0.25, 0.3) is 0 Å². The largest absolute Gasteiger partial charge is 0.497 e. The van der Waals surface area contributed by atoms with Crippen molar-refractivity contribution in [3.8, 4) is 5.75 Å². The SMILES string of the molecule is COc1ccc(N2CCN(C(=O)[C@H]3CCCCN3)CC2)cc1. The standard InChI is InChI=1S/C17H25N3O2/c1-22-15-7-5-14(6-8-15)19-10-12-20(13-11-19)17(21)16-4-2-3-9-18-16/h5-8,16,18H,2-4,9-13H2,1H3/t16-/m1/s1. The van der Waals surface area contributed by atoms with Crippen molar-refractivity contribution in [2.45, 2.75) is 25.3 Å². The van der Waals surface area contributed by atoms with Gasteiger partial charge in [0.05, 0.1) is 13.2 Å².